The van der Waals surface area contributed by atoms with Crippen molar-refractivity contribution in [3.05, 3.63) is 68.9 Å². The maximum absolute atomic E-state index is 12.9. The van der Waals surface area contributed by atoms with Gasteiger partial charge in [-0.3, -0.25) is 14.4 Å². The van der Waals surface area contributed by atoms with E-state index < -0.39 is 11.9 Å². The first-order valence-electron chi connectivity index (χ1n) is 12.6. The summed E-state index contributed by atoms with van der Waals surface area (Å²) in [6.07, 6.45) is -2.43. The van der Waals surface area contributed by atoms with Gasteiger partial charge in [0.2, 0.25) is 5.91 Å². The van der Waals surface area contributed by atoms with Crippen molar-refractivity contribution < 1.29 is 22.8 Å². The molecule has 0 aliphatic carbocycles. The highest BCUT2D eigenvalue weighted by Gasteiger charge is 2.36. The van der Waals surface area contributed by atoms with Crippen LogP contribution < -0.4 is 0 Å². The third-order valence-electron chi connectivity index (χ3n) is 7.50. The zero-order valence-corrected chi connectivity index (χ0v) is 21.6. The van der Waals surface area contributed by atoms with Gasteiger partial charge in [0.25, 0.3) is 0 Å². The second-order valence-corrected chi connectivity index (χ2v) is 10.9. The van der Waals surface area contributed by atoms with Gasteiger partial charge in [0.15, 0.2) is 11.9 Å². The first-order valence-corrected chi connectivity index (χ1v) is 13.5. The predicted octanol–water partition coefficient (Wildman–Crippen LogP) is 4.54. The minimum atomic E-state index is -4.53. The molecule has 5 heterocycles. The number of nitrogens with zero attached hydrogens (tertiary/aromatic N) is 6. The fourth-order valence-corrected chi connectivity index (χ4v) is 6.30. The number of piperidine rings is 1. The third-order valence-corrected chi connectivity index (χ3v) is 8.50. The molecule has 1 aromatic carbocycles. The number of carbonyl (C=O) groups is 1. The molecule has 1 atom stereocenters. The fraction of sp³-hybridized carbons (Fsp3) is 0.462. The van der Waals surface area contributed by atoms with E-state index in [0.717, 1.165) is 53.1 Å². The van der Waals surface area contributed by atoms with Gasteiger partial charge in [-0.25, -0.2) is 4.98 Å². The summed E-state index contributed by atoms with van der Waals surface area (Å²) in [6.45, 7) is 4.10. The van der Waals surface area contributed by atoms with Gasteiger partial charge in [-0.15, -0.1) is 11.3 Å². The van der Waals surface area contributed by atoms with Gasteiger partial charge in [-0.05, 0) is 37.0 Å². The van der Waals surface area contributed by atoms with E-state index in [9.17, 15) is 18.0 Å². The van der Waals surface area contributed by atoms with Crippen molar-refractivity contribution in [2.75, 3.05) is 13.1 Å². The summed E-state index contributed by atoms with van der Waals surface area (Å²) in [6, 6.07) is 9.39. The number of oxime groups is 1. The number of rotatable bonds is 5. The molecule has 2 aromatic heterocycles. The third kappa shape index (κ3) is 4.94. The van der Waals surface area contributed by atoms with Crippen molar-refractivity contribution in [1.82, 2.24) is 24.6 Å². The molecule has 0 N–H and O–H groups in total. The Morgan fingerprint density at radius 2 is 1.87 bits per heavy atom. The molecule has 3 aliphatic heterocycles. The Hall–Kier alpha value is -3.25. The lowest BCUT2D eigenvalue weighted by molar-refractivity contribution is -0.142. The van der Waals surface area contributed by atoms with Crippen LogP contribution in [0.2, 0.25) is 0 Å². The molecule has 3 aliphatic rings. The Morgan fingerprint density at radius 1 is 1.16 bits per heavy atom. The maximum Gasteiger partial charge on any atom is 0.435 e. The molecular weight excluding hydrogens is 517 g/mol. The van der Waals surface area contributed by atoms with E-state index in [0.29, 0.717) is 25.2 Å². The monoisotopic (exact) mass is 544 g/mol. The smallest absolute Gasteiger partial charge is 0.376 e. The predicted molar refractivity (Wildman–Crippen MR) is 134 cm³/mol. The summed E-state index contributed by atoms with van der Waals surface area (Å²) in [4.78, 5) is 27.4. The summed E-state index contributed by atoms with van der Waals surface area (Å²) < 4.78 is 39.9. The Kier molecular flexibility index (Phi) is 6.47. The SMILES string of the molecule is Cc1cc(C(F)(F)F)nn1CC(=O)N1CCC(c2nc(C3=NOC(N4Cc5ccccc5C4)C3)cs2)CC1. The van der Waals surface area contributed by atoms with Crippen LogP contribution in [0.25, 0.3) is 0 Å². The zero-order valence-electron chi connectivity index (χ0n) is 20.8. The number of aryl methyl sites for hydroxylation is 1. The van der Waals surface area contributed by atoms with Crippen LogP contribution in [0.4, 0.5) is 13.2 Å². The van der Waals surface area contributed by atoms with Gasteiger partial charge in [0.1, 0.15) is 12.3 Å². The Labute approximate surface area is 221 Å². The second-order valence-electron chi connectivity index (χ2n) is 10.0. The molecule has 0 saturated carbocycles. The van der Waals surface area contributed by atoms with Gasteiger partial charge in [0.05, 0.1) is 10.7 Å². The number of fused-ring (bicyclic) bond motifs is 1. The maximum atomic E-state index is 12.9. The van der Waals surface area contributed by atoms with Crippen molar-refractivity contribution in [2.24, 2.45) is 5.16 Å². The van der Waals surface area contributed by atoms with Crippen LogP contribution in [0.3, 0.4) is 0 Å². The molecule has 0 bridgehead atoms. The summed E-state index contributed by atoms with van der Waals surface area (Å²) in [5, 5.41) is 11.0. The quantitative estimate of drug-likeness (QED) is 0.472. The van der Waals surface area contributed by atoms with E-state index in [1.54, 1.807) is 16.2 Å². The molecule has 0 radical (unpaired) electrons. The number of amides is 1. The van der Waals surface area contributed by atoms with E-state index in [4.69, 9.17) is 9.82 Å². The van der Waals surface area contributed by atoms with Crippen LogP contribution in [0.15, 0.2) is 40.9 Å². The number of hydrogen-bond acceptors (Lipinski definition) is 7. The molecule has 1 fully saturated rings. The van der Waals surface area contributed by atoms with Crippen LogP contribution >= 0.6 is 11.3 Å². The minimum Gasteiger partial charge on any atom is -0.376 e. The van der Waals surface area contributed by atoms with Crippen molar-refractivity contribution in [3.63, 3.8) is 0 Å². The number of alkyl halides is 3. The number of hydrogen-bond donors (Lipinski definition) is 0. The molecule has 12 heteroatoms. The minimum absolute atomic E-state index is 0.0950. The Balaban J connectivity index is 1.01. The van der Waals surface area contributed by atoms with E-state index in [1.807, 2.05) is 5.38 Å². The first-order chi connectivity index (χ1) is 18.2. The molecule has 0 spiro atoms. The number of carbonyl (C=O) groups excluding carboxylic acids is 1. The van der Waals surface area contributed by atoms with Crippen molar-refractivity contribution in [1.29, 1.82) is 0 Å². The summed E-state index contributed by atoms with van der Waals surface area (Å²) in [5.41, 5.74) is 3.69. The molecule has 1 saturated heterocycles. The Morgan fingerprint density at radius 3 is 2.53 bits per heavy atom. The number of likely N-dealkylation sites (tertiary alicyclic amines) is 1. The lowest BCUT2D eigenvalue weighted by Crippen LogP contribution is -2.40. The second kappa shape index (κ2) is 9.81. The topological polar surface area (TPSA) is 75.8 Å². The summed E-state index contributed by atoms with van der Waals surface area (Å²) >= 11 is 1.60. The van der Waals surface area contributed by atoms with E-state index in [1.165, 1.54) is 18.1 Å². The van der Waals surface area contributed by atoms with Gasteiger partial charge in [-0.1, -0.05) is 29.4 Å². The zero-order chi connectivity index (χ0) is 26.4. The molecule has 8 nitrogen and oxygen atoms in total. The summed E-state index contributed by atoms with van der Waals surface area (Å²) in [7, 11) is 0. The van der Waals surface area contributed by atoms with E-state index in [-0.39, 0.29) is 24.6 Å². The van der Waals surface area contributed by atoms with Gasteiger partial charge in [-0.2, -0.15) is 18.3 Å². The van der Waals surface area contributed by atoms with Crippen LogP contribution in [-0.2, 0) is 35.4 Å². The molecule has 3 aromatic rings. The highest BCUT2D eigenvalue weighted by Crippen LogP contribution is 2.33. The van der Waals surface area contributed by atoms with Crippen LogP contribution in [0, 0.1) is 6.92 Å². The van der Waals surface area contributed by atoms with Crippen LogP contribution in [0.1, 0.15) is 58.4 Å². The number of thiazole rings is 1. The van der Waals surface area contributed by atoms with Crippen LogP contribution in [0.5, 0.6) is 0 Å². The summed E-state index contributed by atoms with van der Waals surface area (Å²) in [5.74, 6) is 0.00337. The normalized spacial score (nSPS) is 20.5. The first kappa shape index (κ1) is 25.1. The molecule has 200 valence electrons. The molecule has 1 amide bonds. The van der Waals surface area contributed by atoms with Gasteiger partial charge in [0, 0.05) is 49.6 Å². The van der Waals surface area contributed by atoms with E-state index >= 15 is 0 Å². The standard InChI is InChI=1S/C26H27F3N6O2S/c1-16-10-22(26(27,28)29)31-35(16)14-23(36)33-8-6-17(7-9-33)25-30-21(15-38-25)20-11-24(37-32-20)34-12-18-4-2-3-5-19(18)13-34/h2-5,10,15,17,24H,6-9,11-14H2,1H3. The number of benzene rings is 1. The lowest BCUT2D eigenvalue weighted by atomic mass is 9.97. The average Bonchev–Trinajstić information content (AvgIpc) is 3.69. The van der Waals surface area contributed by atoms with Crippen molar-refractivity contribution in [2.45, 2.75) is 64.1 Å². The highest BCUT2D eigenvalue weighted by molar-refractivity contribution is 7.10. The van der Waals surface area contributed by atoms with Gasteiger partial charge < -0.3 is 9.74 Å². The van der Waals surface area contributed by atoms with E-state index in [2.05, 4.69) is 39.4 Å². The van der Waals surface area contributed by atoms with Crippen LogP contribution in [-0.4, -0.2) is 55.5 Å². The number of halogens is 3. The molecule has 1 unspecified atom stereocenters. The average molecular weight is 545 g/mol. The lowest BCUT2D eigenvalue weighted by Gasteiger charge is -2.31. The largest absolute Gasteiger partial charge is 0.435 e. The van der Waals surface area contributed by atoms with Gasteiger partial charge >= 0.3 is 6.18 Å². The molecular formula is C26H27F3N6O2S. The fourth-order valence-electron chi connectivity index (χ4n) is 5.29. The molecule has 6 rings (SSSR count). The highest BCUT2D eigenvalue weighted by atomic mass is 32.1. The number of aromatic nitrogens is 3. The van der Waals surface area contributed by atoms with Crippen molar-refractivity contribution >= 4 is 23.0 Å². The van der Waals surface area contributed by atoms with Crippen molar-refractivity contribution in [3.8, 4) is 0 Å². The molecule has 38 heavy (non-hydrogen) atoms. The Bertz CT molecular complexity index is 1350.